The number of carbonyl (C=O) groups excluding carboxylic acids is 2. The standard InChI is InChI=1S/C17H16O5/c1-20-17(19)14-7-9-15(10-8-14)22-16(18)12-21-11-13-5-3-2-4-6-13/h2-10H,11-12H2,1H3. The van der Waals surface area contributed by atoms with Gasteiger partial charge in [0, 0.05) is 0 Å². The predicted octanol–water partition coefficient (Wildman–Crippen LogP) is 2.60. The van der Waals surface area contributed by atoms with Crippen molar-refractivity contribution in [1.29, 1.82) is 0 Å². The SMILES string of the molecule is COC(=O)c1ccc(OC(=O)COCc2ccccc2)cc1. The fourth-order valence-corrected chi connectivity index (χ4v) is 1.76. The molecule has 0 N–H and O–H groups in total. The molecule has 0 aliphatic rings. The number of ether oxygens (including phenoxy) is 3. The lowest BCUT2D eigenvalue weighted by Crippen LogP contribution is -2.15. The Balaban J connectivity index is 1.78. The van der Waals surface area contributed by atoms with Gasteiger partial charge in [-0.1, -0.05) is 30.3 Å². The Kier molecular flexibility index (Phi) is 5.68. The van der Waals surface area contributed by atoms with Crippen LogP contribution in [-0.4, -0.2) is 25.7 Å². The molecule has 2 aromatic rings. The average molecular weight is 300 g/mol. The molecule has 0 fully saturated rings. The third-order valence-electron chi connectivity index (χ3n) is 2.84. The lowest BCUT2D eigenvalue weighted by molar-refractivity contribution is -0.139. The fraction of sp³-hybridized carbons (Fsp3) is 0.176. The van der Waals surface area contributed by atoms with Crippen molar-refractivity contribution in [2.45, 2.75) is 6.61 Å². The second-order valence-corrected chi connectivity index (χ2v) is 4.47. The summed E-state index contributed by atoms with van der Waals surface area (Å²) in [5, 5.41) is 0. The molecule has 0 radical (unpaired) electrons. The van der Waals surface area contributed by atoms with Crippen molar-refractivity contribution >= 4 is 11.9 Å². The van der Waals surface area contributed by atoms with Gasteiger partial charge in [0.2, 0.25) is 0 Å². The van der Waals surface area contributed by atoms with E-state index in [9.17, 15) is 9.59 Å². The first-order chi connectivity index (χ1) is 10.7. The van der Waals surface area contributed by atoms with Crippen molar-refractivity contribution in [3.8, 4) is 5.75 Å². The minimum absolute atomic E-state index is 0.145. The van der Waals surface area contributed by atoms with Crippen LogP contribution in [0.25, 0.3) is 0 Å². The molecule has 2 rings (SSSR count). The summed E-state index contributed by atoms with van der Waals surface area (Å²) in [5.41, 5.74) is 1.38. The van der Waals surface area contributed by atoms with Crippen molar-refractivity contribution in [2.75, 3.05) is 13.7 Å². The monoisotopic (exact) mass is 300 g/mol. The summed E-state index contributed by atoms with van der Waals surface area (Å²) in [5.74, 6) is -0.591. The highest BCUT2D eigenvalue weighted by molar-refractivity contribution is 5.89. The molecule has 0 aliphatic heterocycles. The van der Waals surface area contributed by atoms with Gasteiger partial charge in [-0.2, -0.15) is 0 Å². The molecule has 0 unspecified atom stereocenters. The second-order valence-electron chi connectivity index (χ2n) is 4.47. The zero-order chi connectivity index (χ0) is 15.8. The third-order valence-corrected chi connectivity index (χ3v) is 2.84. The summed E-state index contributed by atoms with van der Waals surface area (Å²) in [7, 11) is 1.31. The van der Waals surface area contributed by atoms with Crippen LogP contribution in [0.4, 0.5) is 0 Å². The maximum atomic E-state index is 11.6. The van der Waals surface area contributed by atoms with Crippen molar-refractivity contribution < 1.29 is 23.8 Å². The molecule has 5 nitrogen and oxygen atoms in total. The highest BCUT2D eigenvalue weighted by atomic mass is 16.6. The molecule has 0 aromatic heterocycles. The topological polar surface area (TPSA) is 61.8 Å². The average Bonchev–Trinajstić information content (AvgIpc) is 2.56. The normalized spacial score (nSPS) is 10.0. The van der Waals surface area contributed by atoms with Gasteiger partial charge in [-0.3, -0.25) is 0 Å². The molecule has 0 saturated heterocycles. The molecule has 0 atom stereocenters. The number of esters is 2. The van der Waals surface area contributed by atoms with Gasteiger partial charge < -0.3 is 14.2 Å². The molecule has 0 bridgehead atoms. The largest absolute Gasteiger partial charge is 0.465 e. The van der Waals surface area contributed by atoms with E-state index in [2.05, 4.69) is 4.74 Å². The number of carbonyl (C=O) groups is 2. The van der Waals surface area contributed by atoms with Crippen molar-refractivity contribution in [3.05, 3.63) is 65.7 Å². The van der Waals surface area contributed by atoms with E-state index in [-0.39, 0.29) is 6.61 Å². The van der Waals surface area contributed by atoms with E-state index in [0.717, 1.165) is 5.56 Å². The summed E-state index contributed by atoms with van der Waals surface area (Å²) in [6, 6.07) is 15.7. The first kappa shape index (κ1) is 15.7. The quantitative estimate of drug-likeness (QED) is 0.606. The Bertz CT molecular complexity index is 619. The van der Waals surface area contributed by atoms with Gasteiger partial charge >= 0.3 is 11.9 Å². The Morgan fingerprint density at radius 2 is 1.64 bits per heavy atom. The van der Waals surface area contributed by atoms with Crippen molar-refractivity contribution in [2.24, 2.45) is 0 Å². The summed E-state index contributed by atoms with van der Waals surface area (Å²) >= 11 is 0. The molecule has 0 saturated carbocycles. The van der Waals surface area contributed by atoms with Crippen LogP contribution >= 0.6 is 0 Å². The van der Waals surface area contributed by atoms with Gasteiger partial charge in [0.25, 0.3) is 0 Å². The minimum atomic E-state index is -0.498. The van der Waals surface area contributed by atoms with Gasteiger partial charge in [-0.05, 0) is 29.8 Å². The maximum absolute atomic E-state index is 11.6. The Labute approximate surface area is 128 Å². The number of hydrogen-bond donors (Lipinski definition) is 0. The molecule has 0 spiro atoms. The highest BCUT2D eigenvalue weighted by Gasteiger charge is 2.08. The number of methoxy groups -OCH3 is 1. The summed E-state index contributed by atoms with van der Waals surface area (Å²) in [6.45, 7) is 0.199. The van der Waals surface area contributed by atoms with Gasteiger partial charge in [-0.25, -0.2) is 9.59 Å². The first-order valence-electron chi connectivity index (χ1n) is 6.70. The Morgan fingerprint density at radius 1 is 0.955 bits per heavy atom. The van der Waals surface area contributed by atoms with Crippen LogP contribution < -0.4 is 4.74 Å². The third kappa shape index (κ3) is 4.71. The van der Waals surface area contributed by atoms with E-state index in [1.807, 2.05) is 30.3 Å². The zero-order valence-electron chi connectivity index (χ0n) is 12.2. The maximum Gasteiger partial charge on any atom is 0.337 e. The molecular weight excluding hydrogens is 284 g/mol. The lowest BCUT2D eigenvalue weighted by Gasteiger charge is -2.06. The molecule has 22 heavy (non-hydrogen) atoms. The number of rotatable bonds is 6. The van der Waals surface area contributed by atoms with E-state index in [4.69, 9.17) is 9.47 Å². The predicted molar refractivity (Wildman–Crippen MR) is 79.5 cm³/mol. The molecule has 0 aliphatic carbocycles. The second kappa shape index (κ2) is 7.95. The van der Waals surface area contributed by atoms with Crippen LogP contribution in [0.2, 0.25) is 0 Å². The van der Waals surface area contributed by atoms with Gasteiger partial charge in [0.15, 0.2) is 0 Å². The van der Waals surface area contributed by atoms with Crippen LogP contribution in [0.5, 0.6) is 5.75 Å². The van der Waals surface area contributed by atoms with Crippen LogP contribution in [0.15, 0.2) is 54.6 Å². The zero-order valence-corrected chi connectivity index (χ0v) is 12.2. The number of hydrogen-bond acceptors (Lipinski definition) is 5. The molecule has 2 aromatic carbocycles. The molecule has 5 heteroatoms. The Hall–Kier alpha value is -2.66. The van der Waals surface area contributed by atoms with Gasteiger partial charge in [-0.15, -0.1) is 0 Å². The van der Waals surface area contributed by atoms with Crippen LogP contribution in [0.3, 0.4) is 0 Å². The van der Waals surface area contributed by atoms with Crippen LogP contribution in [0.1, 0.15) is 15.9 Å². The van der Waals surface area contributed by atoms with E-state index < -0.39 is 11.9 Å². The van der Waals surface area contributed by atoms with Gasteiger partial charge in [0.1, 0.15) is 12.4 Å². The van der Waals surface area contributed by atoms with E-state index >= 15 is 0 Å². The molecule has 114 valence electrons. The Morgan fingerprint density at radius 3 is 2.27 bits per heavy atom. The van der Waals surface area contributed by atoms with E-state index in [0.29, 0.717) is 17.9 Å². The highest BCUT2D eigenvalue weighted by Crippen LogP contribution is 2.13. The minimum Gasteiger partial charge on any atom is -0.465 e. The number of benzene rings is 2. The van der Waals surface area contributed by atoms with E-state index in [1.165, 1.54) is 31.4 Å². The smallest absolute Gasteiger partial charge is 0.337 e. The first-order valence-corrected chi connectivity index (χ1v) is 6.70. The summed E-state index contributed by atoms with van der Waals surface area (Å²) < 4.78 is 15.0. The molecule has 0 amide bonds. The van der Waals surface area contributed by atoms with Crippen LogP contribution in [0, 0.1) is 0 Å². The van der Waals surface area contributed by atoms with Gasteiger partial charge in [0.05, 0.1) is 19.3 Å². The lowest BCUT2D eigenvalue weighted by atomic mass is 10.2. The van der Waals surface area contributed by atoms with E-state index in [1.54, 1.807) is 0 Å². The fourth-order valence-electron chi connectivity index (χ4n) is 1.76. The summed E-state index contributed by atoms with van der Waals surface area (Å²) in [6.07, 6.45) is 0. The van der Waals surface area contributed by atoms with Crippen molar-refractivity contribution in [3.63, 3.8) is 0 Å². The molecular formula is C17H16O5. The van der Waals surface area contributed by atoms with Crippen LogP contribution in [-0.2, 0) is 20.9 Å². The summed E-state index contributed by atoms with van der Waals surface area (Å²) in [4.78, 5) is 22.9. The van der Waals surface area contributed by atoms with Crippen molar-refractivity contribution in [1.82, 2.24) is 0 Å². The molecule has 0 heterocycles.